The summed E-state index contributed by atoms with van der Waals surface area (Å²) in [5, 5.41) is 10.3. The van der Waals surface area contributed by atoms with Crippen LogP contribution in [0.25, 0.3) is 0 Å². The van der Waals surface area contributed by atoms with E-state index in [9.17, 15) is 12.8 Å². The first-order valence-corrected chi connectivity index (χ1v) is 11.4. The maximum Gasteiger partial charge on any atom is 0.264 e. The zero-order valence-electron chi connectivity index (χ0n) is 16.9. The van der Waals surface area contributed by atoms with E-state index >= 15 is 0 Å². The molecule has 0 aliphatic carbocycles. The van der Waals surface area contributed by atoms with Crippen LogP contribution in [0, 0.1) is 5.82 Å². The van der Waals surface area contributed by atoms with E-state index in [0.717, 1.165) is 5.56 Å². The number of aromatic nitrogens is 5. The SMILES string of the molecule is O=S(=O)(Nc1ncccn1)c1ccc(NC(=S)Nc2ncn(Cc3ccc(F)cc3)n2)cc1. The van der Waals surface area contributed by atoms with Crippen LogP contribution in [0.3, 0.4) is 0 Å². The molecule has 4 rings (SSSR count). The second kappa shape index (κ2) is 9.67. The van der Waals surface area contributed by atoms with E-state index in [0.29, 0.717) is 12.2 Å². The van der Waals surface area contributed by atoms with Crippen LogP contribution < -0.4 is 15.4 Å². The van der Waals surface area contributed by atoms with Gasteiger partial charge in [0.15, 0.2) is 5.11 Å². The summed E-state index contributed by atoms with van der Waals surface area (Å²) < 4.78 is 41.8. The van der Waals surface area contributed by atoms with Gasteiger partial charge in [-0.25, -0.2) is 37.2 Å². The van der Waals surface area contributed by atoms with Crippen LogP contribution in [-0.2, 0) is 16.6 Å². The maximum absolute atomic E-state index is 13.0. The van der Waals surface area contributed by atoms with E-state index < -0.39 is 10.0 Å². The molecule has 0 spiro atoms. The summed E-state index contributed by atoms with van der Waals surface area (Å²) in [6.07, 6.45) is 4.40. The number of nitrogens with one attached hydrogen (secondary N) is 3. The molecule has 0 aliphatic rings. The molecule has 0 unspecified atom stereocenters. The van der Waals surface area contributed by atoms with Gasteiger partial charge in [-0.1, -0.05) is 12.1 Å². The topological polar surface area (TPSA) is 127 Å². The number of hydrogen-bond donors (Lipinski definition) is 3. The summed E-state index contributed by atoms with van der Waals surface area (Å²) in [5.74, 6) is -0.0412. The fourth-order valence-electron chi connectivity index (χ4n) is 2.72. The Balaban J connectivity index is 1.33. The minimum Gasteiger partial charge on any atom is -0.332 e. The van der Waals surface area contributed by atoms with Gasteiger partial charge in [-0.3, -0.25) is 5.32 Å². The van der Waals surface area contributed by atoms with Gasteiger partial charge in [-0.2, -0.15) is 0 Å². The molecule has 168 valence electrons. The number of sulfonamides is 1. The summed E-state index contributed by atoms with van der Waals surface area (Å²) in [5.41, 5.74) is 1.44. The normalized spacial score (nSPS) is 11.1. The second-order valence-corrected chi connectivity index (χ2v) is 8.76. The predicted molar refractivity (Wildman–Crippen MR) is 125 cm³/mol. The number of thiocarbonyl (C=S) groups is 1. The fraction of sp³-hybridized carbons (Fsp3) is 0.0500. The molecular weight excluding hydrogens is 467 g/mol. The molecule has 0 saturated carbocycles. The average Bonchev–Trinajstić information content (AvgIpc) is 3.22. The van der Waals surface area contributed by atoms with Gasteiger partial charge in [-0.15, -0.1) is 5.10 Å². The highest BCUT2D eigenvalue weighted by molar-refractivity contribution is 7.92. The van der Waals surface area contributed by atoms with Crippen molar-refractivity contribution in [2.24, 2.45) is 0 Å². The Morgan fingerprint density at radius 1 is 0.939 bits per heavy atom. The lowest BCUT2D eigenvalue weighted by Gasteiger charge is -2.10. The van der Waals surface area contributed by atoms with E-state index in [1.807, 2.05) is 0 Å². The fourth-order valence-corrected chi connectivity index (χ4v) is 3.88. The Morgan fingerprint density at radius 3 is 2.33 bits per heavy atom. The van der Waals surface area contributed by atoms with Crippen molar-refractivity contribution in [2.45, 2.75) is 11.4 Å². The number of halogens is 1. The molecule has 0 atom stereocenters. The number of anilines is 3. The molecule has 4 aromatic rings. The van der Waals surface area contributed by atoms with Crippen LogP contribution in [0.2, 0.25) is 0 Å². The van der Waals surface area contributed by atoms with E-state index in [1.165, 1.54) is 43.0 Å². The van der Waals surface area contributed by atoms with Crippen molar-refractivity contribution >= 4 is 44.9 Å². The lowest BCUT2D eigenvalue weighted by molar-refractivity contribution is 0.601. The van der Waals surface area contributed by atoms with Crippen LogP contribution in [0.5, 0.6) is 0 Å². The first-order chi connectivity index (χ1) is 15.9. The van der Waals surface area contributed by atoms with E-state index in [4.69, 9.17) is 12.2 Å². The Bertz CT molecular complexity index is 1350. The quantitative estimate of drug-likeness (QED) is 0.339. The first-order valence-electron chi connectivity index (χ1n) is 9.49. The molecule has 10 nitrogen and oxygen atoms in total. The molecule has 2 heterocycles. The highest BCUT2D eigenvalue weighted by atomic mass is 32.2. The molecule has 0 amide bonds. The van der Waals surface area contributed by atoms with Gasteiger partial charge in [0.25, 0.3) is 10.0 Å². The van der Waals surface area contributed by atoms with Crippen molar-refractivity contribution in [3.63, 3.8) is 0 Å². The molecule has 2 aromatic carbocycles. The summed E-state index contributed by atoms with van der Waals surface area (Å²) in [6, 6.07) is 13.7. The van der Waals surface area contributed by atoms with E-state index in [1.54, 1.807) is 35.0 Å². The third-order valence-corrected chi connectivity index (χ3v) is 5.78. The van der Waals surface area contributed by atoms with Crippen molar-refractivity contribution in [2.75, 3.05) is 15.4 Å². The molecule has 0 radical (unpaired) electrons. The van der Waals surface area contributed by atoms with Gasteiger partial charge in [-0.05, 0) is 60.2 Å². The van der Waals surface area contributed by atoms with E-state index in [-0.39, 0.29) is 27.7 Å². The largest absolute Gasteiger partial charge is 0.332 e. The van der Waals surface area contributed by atoms with Crippen molar-refractivity contribution in [3.8, 4) is 0 Å². The molecule has 0 bridgehead atoms. The Kier molecular flexibility index (Phi) is 6.51. The Morgan fingerprint density at radius 2 is 1.64 bits per heavy atom. The molecule has 0 saturated heterocycles. The molecule has 0 aliphatic heterocycles. The Hall–Kier alpha value is -3.97. The number of nitrogens with zero attached hydrogens (tertiary/aromatic N) is 5. The lowest BCUT2D eigenvalue weighted by atomic mass is 10.2. The average molecular weight is 485 g/mol. The molecule has 3 N–H and O–H groups in total. The van der Waals surface area contributed by atoms with E-state index in [2.05, 4.69) is 35.4 Å². The van der Waals surface area contributed by atoms with Crippen LogP contribution in [0.4, 0.5) is 22.0 Å². The third kappa shape index (κ3) is 6.05. The van der Waals surface area contributed by atoms with Gasteiger partial charge in [0.2, 0.25) is 11.9 Å². The summed E-state index contributed by atoms with van der Waals surface area (Å²) >= 11 is 5.26. The van der Waals surface area contributed by atoms with Gasteiger partial charge >= 0.3 is 0 Å². The number of benzene rings is 2. The van der Waals surface area contributed by atoms with Gasteiger partial charge < -0.3 is 5.32 Å². The third-order valence-electron chi connectivity index (χ3n) is 4.23. The second-order valence-electron chi connectivity index (χ2n) is 6.67. The zero-order valence-corrected chi connectivity index (χ0v) is 18.5. The maximum atomic E-state index is 13.0. The van der Waals surface area contributed by atoms with Crippen LogP contribution in [0.1, 0.15) is 5.56 Å². The smallest absolute Gasteiger partial charge is 0.264 e. The number of hydrogen-bond acceptors (Lipinski definition) is 7. The minimum atomic E-state index is -3.83. The summed E-state index contributed by atoms with van der Waals surface area (Å²) in [4.78, 5) is 11.9. The molecule has 33 heavy (non-hydrogen) atoms. The molecule has 0 fully saturated rings. The van der Waals surface area contributed by atoms with Crippen LogP contribution in [-0.4, -0.2) is 38.3 Å². The van der Waals surface area contributed by atoms with Gasteiger partial charge in [0, 0.05) is 18.1 Å². The highest BCUT2D eigenvalue weighted by Gasteiger charge is 2.15. The van der Waals surface area contributed by atoms with Crippen LogP contribution in [0.15, 0.2) is 78.2 Å². The van der Waals surface area contributed by atoms with Gasteiger partial charge in [0.05, 0.1) is 11.4 Å². The summed E-state index contributed by atoms with van der Waals surface area (Å²) in [6.45, 7) is 0.424. The highest BCUT2D eigenvalue weighted by Crippen LogP contribution is 2.16. The van der Waals surface area contributed by atoms with Crippen molar-refractivity contribution in [1.29, 1.82) is 0 Å². The standard InChI is InChI=1S/C20H17FN8O2S2/c21-15-4-2-14(3-5-15)12-29-13-24-19(27-29)26-20(32)25-16-6-8-17(9-7-16)33(30,31)28-18-22-10-1-11-23-18/h1-11,13H,12H2,(H,22,23,28)(H2,25,26,27,32). The van der Waals surface area contributed by atoms with Crippen molar-refractivity contribution < 1.29 is 12.8 Å². The molecule has 13 heteroatoms. The zero-order chi connectivity index (χ0) is 23.3. The van der Waals surface area contributed by atoms with Crippen LogP contribution >= 0.6 is 12.2 Å². The monoisotopic (exact) mass is 484 g/mol. The van der Waals surface area contributed by atoms with Gasteiger partial charge in [0.1, 0.15) is 12.1 Å². The van der Waals surface area contributed by atoms with Crippen molar-refractivity contribution in [1.82, 2.24) is 24.7 Å². The first kappa shape index (κ1) is 22.2. The molecular formula is C20H17FN8O2S2. The van der Waals surface area contributed by atoms with Crippen molar-refractivity contribution in [3.05, 3.63) is 84.7 Å². The molecule has 2 aromatic heterocycles. The number of rotatable bonds is 7. The lowest BCUT2D eigenvalue weighted by Crippen LogP contribution is -2.20. The Labute approximate surface area is 194 Å². The minimum absolute atomic E-state index is 0.0172. The predicted octanol–water partition coefficient (Wildman–Crippen LogP) is 2.87. The summed E-state index contributed by atoms with van der Waals surface area (Å²) in [7, 11) is -3.83.